The second-order valence-electron chi connectivity index (χ2n) is 6.19. The number of hydrazone groups is 2. The molecule has 0 aliphatic heterocycles. The summed E-state index contributed by atoms with van der Waals surface area (Å²) in [5, 5.41) is 8.10. The first kappa shape index (κ1) is 19.1. The zero-order valence-corrected chi connectivity index (χ0v) is 15.6. The van der Waals surface area contributed by atoms with Crippen molar-refractivity contribution < 1.29 is 8.78 Å². The first-order chi connectivity index (χ1) is 14.7. The van der Waals surface area contributed by atoms with Gasteiger partial charge in [0.05, 0.1) is 23.5 Å². The molecular weight excluding hydrogens is 386 g/mol. The van der Waals surface area contributed by atoms with Gasteiger partial charge in [0.25, 0.3) is 0 Å². The molecule has 4 rings (SSSR count). The van der Waals surface area contributed by atoms with Gasteiger partial charge in [0.1, 0.15) is 11.6 Å². The predicted molar refractivity (Wildman–Crippen MR) is 115 cm³/mol. The fourth-order valence-electron chi connectivity index (χ4n) is 2.64. The van der Waals surface area contributed by atoms with Crippen LogP contribution in [-0.4, -0.2) is 22.4 Å². The molecule has 8 heteroatoms. The Morgan fingerprint density at radius 3 is 1.43 bits per heavy atom. The number of benzene rings is 3. The summed E-state index contributed by atoms with van der Waals surface area (Å²) in [6, 6.07) is 19.8. The quantitative estimate of drug-likeness (QED) is 0.359. The first-order valence-electron chi connectivity index (χ1n) is 9.05. The Morgan fingerprint density at radius 1 is 0.600 bits per heavy atom. The standard InChI is InChI=1S/C22H16F2N6/c23-17-9-3-1-7-15(17)13-25-29-21-22(28-20-12-6-5-11-19(20)27-21)30-26-14-16-8-2-4-10-18(16)24/h1-14H,(H,27,29)(H,28,30)/b25-13+,26-14+. The van der Waals surface area contributed by atoms with E-state index in [2.05, 4.69) is 31.0 Å². The van der Waals surface area contributed by atoms with Crippen LogP contribution in [0.3, 0.4) is 0 Å². The maximum Gasteiger partial charge on any atom is 0.192 e. The van der Waals surface area contributed by atoms with Crippen LogP contribution < -0.4 is 10.9 Å². The lowest BCUT2D eigenvalue weighted by Crippen LogP contribution is -2.03. The number of rotatable bonds is 6. The molecule has 1 aromatic heterocycles. The molecule has 0 aliphatic rings. The summed E-state index contributed by atoms with van der Waals surface area (Å²) < 4.78 is 27.5. The molecule has 0 atom stereocenters. The molecule has 6 nitrogen and oxygen atoms in total. The topological polar surface area (TPSA) is 74.6 Å². The summed E-state index contributed by atoms with van der Waals surface area (Å²) in [5.74, 6) is -0.208. The summed E-state index contributed by atoms with van der Waals surface area (Å²) in [6.45, 7) is 0. The number of nitrogens with one attached hydrogen (secondary N) is 2. The number of hydrogen-bond donors (Lipinski definition) is 2. The van der Waals surface area contributed by atoms with E-state index in [0.717, 1.165) is 0 Å². The number of fused-ring (bicyclic) bond motifs is 1. The van der Waals surface area contributed by atoms with Crippen LogP contribution in [0.1, 0.15) is 11.1 Å². The second-order valence-corrected chi connectivity index (χ2v) is 6.19. The van der Waals surface area contributed by atoms with Gasteiger partial charge in [-0.2, -0.15) is 10.2 Å². The number of para-hydroxylation sites is 2. The molecule has 1 heterocycles. The normalized spacial score (nSPS) is 11.4. The van der Waals surface area contributed by atoms with Crippen LogP contribution in [0.25, 0.3) is 11.0 Å². The molecule has 148 valence electrons. The first-order valence-corrected chi connectivity index (χ1v) is 9.05. The van der Waals surface area contributed by atoms with Gasteiger partial charge in [-0.05, 0) is 24.3 Å². The van der Waals surface area contributed by atoms with Crippen molar-refractivity contribution in [3.05, 3.63) is 95.6 Å². The third kappa shape index (κ3) is 4.44. The highest BCUT2D eigenvalue weighted by Crippen LogP contribution is 2.21. The number of nitrogens with zero attached hydrogens (tertiary/aromatic N) is 4. The molecule has 0 aliphatic carbocycles. The van der Waals surface area contributed by atoms with Crippen LogP contribution in [0.2, 0.25) is 0 Å². The zero-order chi connectivity index (χ0) is 20.8. The van der Waals surface area contributed by atoms with Gasteiger partial charge in [0.15, 0.2) is 11.6 Å². The summed E-state index contributed by atoms with van der Waals surface area (Å²) in [4.78, 5) is 8.96. The van der Waals surface area contributed by atoms with Crippen molar-refractivity contribution in [1.82, 2.24) is 9.97 Å². The number of aromatic nitrogens is 2. The fraction of sp³-hybridized carbons (Fsp3) is 0. The highest BCUT2D eigenvalue weighted by atomic mass is 19.1. The lowest BCUT2D eigenvalue weighted by atomic mass is 10.2. The molecule has 0 spiro atoms. The highest BCUT2D eigenvalue weighted by molar-refractivity contribution is 5.84. The van der Waals surface area contributed by atoms with Gasteiger partial charge in [-0.3, -0.25) is 10.9 Å². The highest BCUT2D eigenvalue weighted by Gasteiger charge is 2.08. The smallest absolute Gasteiger partial charge is 0.192 e. The van der Waals surface area contributed by atoms with Gasteiger partial charge in [-0.15, -0.1) is 0 Å². The maximum atomic E-state index is 13.8. The lowest BCUT2D eigenvalue weighted by molar-refractivity contribution is 0.625. The van der Waals surface area contributed by atoms with Crippen molar-refractivity contribution in [2.24, 2.45) is 10.2 Å². The molecule has 2 N–H and O–H groups in total. The van der Waals surface area contributed by atoms with E-state index in [-0.39, 0.29) is 23.3 Å². The van der Waals surface area contributed by atoms with Gasteiger partial charge in [0.2, 0.25) is 0 Å². The van der Waals surface area contributed by atoms with Gasteiger partial charge in [-0.1, -0.05) is 48.5 Å². The van der Waals surface area contributed by atoms with Crippen LogP contribution in [0.15, 0.2) is 83.0 Å². The van der Waals surface area contributed by atoms with Crippen LogP contribution in [0.5, 0.6) is 0 Å². The monoisotopic (exact) mass is 402 g/mol. The molecular formula is C22H16F2N6. The minimum absolute atomic E-state index is 0.284. The summed E-state index contributed by atoms with van der Waals surface area (Å²) in [7, 11) is 0. The van der Waals surface area contributed by atoms with Crippen molar-refractivity contribution in [3.8, 4) is 0 Å². The van der Waals surface area contributed by atoms with Gasteiger partial charge in [0, 0.05) is 11.1 Å². The van der Waals surface area contributed by atoms with Gasteiger partial charge >= 0.3 is 0 Å². The minimum Gasteiger partial charge on any atom is -0.258 e. The molecule has 0 saturated carbocycles. The van der Waals surface area contributed by atoms with Crippen molar-refractivity contribution in [3.63, 3.8) is 0 Å². The Hall–Kier alpha value is -4.20. The van der Waals surface area contributed by atoms with E-state index < -0.39 is 0 Å². The molecule has 30 heavy (non-hydrogen) atoms. The molecule has 0 amide bonds. The zero-order valence-electron chi connectivity index (χ0n) is 15.6. The summed E-state index contributed by atoms with van der Waals surface area (Å²) in [6.07, 6.45) is 2.69. The Bertz CT molecular complexity index is 1140. The minimum atomic E-state index is -0.388. The van der Waals surface area contributed by atoms with Crippen LogP contribution >= 0.6 is 0 Å². The Labute approximate surface area is 171 Å². The molecule has 0 unspecified atom stereocenters. The molecule has 3 aromatic carbocycles. The van der Waals surface area contributed by atoms with Gasteiger partial charge < -0.3 is 0 Å². The summed E-state index contributed by atoms with van der Waals surface area (Å²) >= 11 is 0. The molecule has 0 radical (unpaired) electrons. The Kier molecular flexibility index (Phi) is 5.66. The molecule has 0 fully saturated rings. The van der Waals surface area contributed by atoms with E-state index in [1.54, 1.807) is 48.5 Å². The van der Waals surface area contributed by atoms with Crippen LogP contribution in [-0.2, 0) is 0 Å². The lowest BCUT2D eigenvalue weighted by Gasteiger charge is -2.08. The average Bonchev–Trinajstić information content (AvgIpc) is 2.76. The predicted octanol–water partition coefficient (Wildman–Crippen LogP) is 4.80. The fourth-order valence-corrected chi connectivity index (χ4v) is 2.64. The Morgan fingerprint density at radius 2 is 1.00 bits per heavy atom. The Balaban J connectivity index is 1.60. The van der Waals surface area contributed by atoms with Crippen LogP contribution in [0, 0.1) is 11.6 Å². The number of halogens is 2. The number of hydrogen-bond acceptors (Lipinski definition) is 6. The molecule has 4 aromatic rings. The third-order valence-corrected chi connectivity index (χ3v) is 4.13. The molecule has 0 bridgehead atoms. The van der Waals surface area contributed by atoms with Crippen LogP contribution in [0.4, 0.5) is 20.4 Å². The molecule has 0 saturated heterocycles. The van der Waals surface area contributed by atoms with Crippen molar-refractivity contribution in [2.45, 2.75) is 0 Å². The largest absolute Gasteiger partial charge is 0.258 e. The van der Waals surface area contributed by atoms with E-state index in [0.29, 0.717) is 22.2 Å². The van der Waals surface area contributed by atoms with E-state index >= 15 is 0 Å². The van der Waals surface area contributed by atoms with Crippen molar-refractivity contribution in [2.75, 3.05) is 10.9 Å². The maximum absolute atomic E-state index is 13.8. The average molecular weight is 402 g/mol. The third-order valence-electron chi connectivity index (χ3n) is 4.13. The van der Waals surface area contributed by atoms with Crippen molar-refractivity contribution in [1.29, 1.82) is 0 Å². The van der Waals surface area contributed by atoms with E-state index in [1.165, 1.54) is 24.6 Å². The second kappa shape index (κ2) is 8.87. The van der Waals surface area contributed by atoms with E-state index in [1.807, 2.05) is 12.1 Å². The number of anilines is 2. The van der Waals surface area contributed by atoms with Gasteiger partial charge in [-0.25, -0.2) is 18.7 Å². The SMILES string of the molecule is Fc1ccccc1/C=N/Nc1nc2ccccc2nc1N/N=C/c1ccccc1F. The van der Waals surface area contributed by atoms with E-state index in [9.17, 15) is 8.78 Å². The summed E-state index contributed by atoms with van der Waals surface area (Å²) in [5.41, 5.74) is 7.46. The van der Waals surface area contributed by atoms with Crippen molar-refractivity contribution >= 4 is 35.1 Å². The van der Waals surface area contributed by atoms with E-state index in [4.69, 9.17) is 0 Å².